The van der Waals surface area contributed by atoms with Gasteiger partial charge in [0, 0.05) is 16.9 Å². The average Bonchev–Trinajstić information content (AvgIpc) is 2.30. The van der Waals surface area contributed by atoms with Crippen molar-refractivity contribution < 1.29 is 0 Å². The van der Waals surface area contributed by atoms with Crippen LogP contribution in [0.15, 0.2) is 30.5 Å². The molecule has 1 aromatic carbocycles. The molecule has 1 aromatic heterocycles. The molecule has 0 bridgehead atoms. The minimum absolute atomic E-state index is 0.691. The zero-order valence-electron chi connectivity index (χ0n) is 8.07. The second-order valence-electron chi connectivity index (χ2n) is 3.22. The summed E-state index contributed by atoms with van der Waals surface area (Å²) in [6, 6.07) is 9.84. The molecule has 1 heterocycles. The van der Waals surface area contributed by atoms with Crippen LogP contribution in [0.3, 0.4) is 0 Å². The molecule has 0 atom stereocenters. The first-order valence-corrected chi connectivity index (χ1v) is 5.81. The number of fused-ring (bicyclic) bond motifs is 1. The average molecular weight is 261 g/mol. The van der Waals surface area contributed by atoms with Gasteiger partial charge in [0.15, 0.2) is 0 Å². The molecule has 0 radical (unpaired) electrons. The van der Waals surface area contributed by atoms with E-state index in [0.717, 1.165) is 22.7 Å². The fourth-order valence-electron chi connectivity index (χ4n) is 1.63. The summed E-state index contributed by atoms with van der Waals surface area (Å²) in [4.78, 5) is 4.34. The third kappa shape index (κ3) is 1.86. The lowest BCUT2D eigenvalue weighted by Gasteiger charge is -2.04. The molecular formula is C12H9BrN2. The normalized spacial score (nSPS) is 10.1. The summed E-state index contributed by atoms with van der Waals surface area (Å²) in [5.41, 5.74) is 2.81. The van der Waals surface area contributed by atoms with Gasteiger partial charge in [0.05, 0.1) is 17.1 Å². The molecule has 0 spiro atoms. The van der Waals surface area contributed by atoms with E-state index < -0.39 is 0 Å². The summed E-state index contributed by atoms with van der Waals surface area (Å²) in [5.74, 6) is 0. The van der Waals surface area contributed by atoms with Crippen molar-refractivity contribution in [1.82, 2.24) is 4.98 Å². The lowest BCUT2D eigenvalue weighted by atomic mass is 10.0. The van der Waals surface area contributed by atoms with Gasteiger partial charge in [-0.2, -0.15) is 5.26 Å². The predicted molar refractivity (Wildman–Crippen MR) is 64.0 cm³/mol. The van der Waals surface area contributed by atoms with Crippen molar-refractivity contribution in [1.29, 1.82) is 5.26 Å². The predicted octanol–water partition coefficient (Wildman–Crippen LogP) is 3.04. The number of aryl methyl sites for hydroxylation is 1. The summed E-state index contributed by atoms with van der Waals surface area (Å²) in [6.45, 7) is 0. The zero-order chi connectivity index (χ0) is 10.7. The fourth-order valence-corrected chi connectivity index (χ4v) is 2.06. The number of halogens is 1. The van der Waals surface area contributed by atoms with Gasteiger partial charge >= 0.3 is 0 Å². The van der Waals surface area contributed by atoms with Crippen LogP contribution in [0.2, 0.25) is 0 Å². The maximum atomic E-state index is 8.97. The van der Waals surface area contributed by atoms with Crippen molar-refractivity contribution in [3.05, 3.63) is 41.6 Å². The Hall–Kier alpha value is -1.40. The topological polar surface area (TPSA) is 36.7 Å². The third-order valence-corrected chi connectivity index (χ3v) is 2.73. The molecule has 0 unspecified atom stereocenters. The molecule has 0 saturated carbocycles. The maximum absolute atomic E-state index is 8.97. The van der Waals surface area contributed by atoms with Crippen LogP contribution in [-0.4, -0.2) is 10.3 Å². The van der Waals surface area contributed by atoms with Crippen molar-refractivity contribution in [2.24, 2.45) is 0 Å². The molecule has 2 aromatic rings. The molecule has 3 heteroatoms. The van der Waals surface area contributed by atoms with E-state index in [4.69, 9.17) is 5.26 Å². The molecule has 0 aliphatic carbocycles. The van der Waals surface area contributed by atoms with Crippen LogP contribution in [0.25, 0.3) is 10.9 Å². The number of nitrogens with zero attached hydrogens (tertiary/aromatic N) is 2. The Labute approximate surface area is 96.7 Å². The minimum atomic E-state index is 0.691. The molecule has 74 valence electrons. The van der Waals surface area contributed by atoms with Crippen molar-refractivity contribution in [3.63, 3.8) is 0 Å². The number of hydrogen-bond acceptors (Lipinski definition) is 2. The van der Waals surface area contributed by atoms with Gasteiger partial charge in [0.25, 0.3) is 0 Å². The zero-order valence-corrected chi connectivity index (χ0v) is 9.66. The lowest BCUT2D eigenvalue weighted by molar-refractivity contribution is 1.17. The van der Waals surface area contributed by atoms with E-state index in [1.807, 2.05) is 24.3 Å². The van der Waals surface area contributed by atoms with Gasteiger partial charge < -0.3 is 0 Å². The van der Waals surface area contributed by atoms with Gasteiger partial charge in [-0.15, -0.1) is 0 Å². The Balaban J connectivity index is 2.73. The van der Waals surface area contributed by atoms with Gasteiger partial charge in [-0.25, -0.2) is 0 Å². The van der Waals surface area contributed by atoms with Crippen LogP contribution in [0.4, 0.5) is 0 Å². The highest BCUT2D eigenvalue weighted by Crippen LogP contribution is 2.20. The summed E-state index contributed by atoms with van der Waals surface area (Å²) in [7, 11) is 0. The number of hydrogen-bond donors (Lipinski definition) is 0. The highest BCUT2D eigenvalue weighted by atomic mass is 79.9. The van der Waals surface area contributed by atoms with E-state index in [9.17, 15) is 0 Å². The highest BCUT2D eigenvalue weighted by Gasteiger charge is 2.05. The van der Waals surface area contributed by atoms with E-state index >= 15 is 0 Å². The largest absolute Gasteiger partial charge is 0.256 e. The number of nitriles is 1. The SMILES string of the molecule is N#Cc1ccc(CCBr)c2ncccc12. The van der Waals surface area contributed by atoms with Crippen LogP contribution in [0, 0.1) is 11.3 Å². The molecule has 2 nitrogen and oxygen atoms in total. The standard InChI is InChI=1S/C12H9BrN2/c13-6-5-9-3-4-10(8-14)11-2-1-7-15-12(9)11/h1-4,7H,5-6H2. The highest BCUT2D eigenvalue weighted by molar-refractivity contribution is 9.09. The number of benzene rings is 1. The van der Waals surface area contributed by atoms with Gasteiger partial charge in [0.1, 0.15) is 0 Å². The van der Waals surface area contributed by atoms with Crippen LogP contribution in [0.5, 0.6) is 0 Å². The summed E-state index contributed by atoms with van der Waals surface area (Å²) in [6.07, 6.45) is 2.69. The van der Waals surface area contributed by atoms with Crippen molar-refractivity contribution >= 4 is 26.8 Å². The maximum Gasteiger partial charge on any atom is 0.0998 e. The molecule has 2 rings (SSSR count). The van der Waals surface area contributed by atoms with Gasteiger partial charge in [0.2, 0.25) is 0 Å². The number of rotatable bonds is 2. The summed E-state index contributed by atoms with van der Waals surface area (Å²) < 4.78 is 0. The second-order valence-corrected chi connectivity index (χ2v) is 4.02. The van der Waals surface area contributed by atoms with Gasteiger partial charge in [-0.1, -0.05) is 22.0 Å². The lowest BCUT2D eigenvalue weighted by Crippen LogP contribution is -1.92. The van der Waals surface area contributed by atoms with Crippen LogP contribution < -0.4 is 0 Å². The molecule has 0 saturated heterocycles. The molecule has 0 aliphatic rings. The van der Waals surface area contributed by atoms with Crippen LogP contribution in [-0.2, 0) is 6.42 Å². The van der Waals surface area contributed by atoms with Gasteiger partial charge in [-0.05, 0) is 30.2 Å². The first-order valence-electron chi connectivity index (χ1n) is 4.69. The van der Waals surface area contributed by atoms with Crippen molar-refractivity contribution in [2.75, 3.05) is 5.33 Å². The van der Waals surface area contributed by atoms with E-state index in [-0.39, 0.29) is 0 Å². The molecule has 0 fully saturated rings. The van der Waals surface area contributed by atoms with Crippen LogP contribution in [0.1, 0.15) is 11.1 Å². The van der Waals surface area contributed by atoms with Crippen molar-refractivity contribution in [2.45, 2.75) is 6.42 Å². The Morgan fingerprint density at radius 2 is 2.20 bits per heavy atom. The molecule has 0 N–H and O–H groups in total. The van der Waals surface area contributed by atoms with E-state index in [0.29, 0.717) is 5.56 Å². The Morgan fingerprint density at radius 1 is 1.33 bits per heavy atom. The molecular weight excluding hydrogens is 252 g/mol. The van der Waals surface area contributed by atoms with E-state index in [1.54, 1.807) is 6.20 Å². The molecule has 0 aliphatic heterocycles. The summed E-state index contributed by atoms with van der Waals surface area (Å²) >= 11 is 3.41. The molecule has 15 heavy (non-hydrogen) atoms. The Bertz CT molecular complexity index is 529. The monoisotopic (exact) mass is 260 g/mol. The first kappa shape index (κ1) is 10.1. The third-order valence-electron chi connectivity index (χ3n) is 2.34. The van der Waals surface area contributed by atoms with Crippen LogP contribution >= 0.6 is 15.9 Å². The first-order chi connectivity index (χ1) is 7.36. The molecule has 0 amide bonds. The fraction of sp³-hybridized carbons (Fsp3) is 0.167. The van der Waals surface area contributed by atoms with E-state index in [2.05, 4.69) is 27.0 Å². The minimum Gasteiger partial charge on any atom is -0.256 e. The smallest absolute Gasteiger partial charge is 0.0998 e. The van der Waals surface area contributed by atoms with Gasteiger partial charge in [-0.3, -0.25) is 4.98 Å². The quantitative estimate of drug-likeness (QED) is 0.779. The number of pyridine rings is 1. The Kier molecular flexibility index (Phi) is 2.98. The van der Waals surface area contributed by atoms with E-state index in [1.165, 1.54) is 5.56 Å². The summed E-state index contributed by atoms with van der Waals surface area (Å²) in [5, 5.41) is 10.8. The Morgan fingerprint density at radius 3 is 2.93 bits per heavy atom. The number of alkyl halides is 1. The number of aromatic nitrogens is 1. The second kappa shape index (κ2) is 4.41. The van der Waals surface area contributed by atoms with Crippen molar-refractivity contribution in [3.8, 4) is 6.07 Å².